The van der Waals surface area contributed by atoms with Crippen molar-refractivity contribution in [3.05, 3.63) is 83.2 Å². The zero-order chi connectivity index (χ0) is 22.9. The summed E-state index contributed by atoms with van der Waals surface area (Å²) in [4.78, 5) is 24.0. The molecule has 2 N–H and O–H groups in total. The highest BCUT2D eigenvalue weighted by molar-refractivity contribution is 5.97. The molecule has 7 heteroatoms. The van der Waals surface area contributed by atoms with Gasteiger partial charge < -0.3 is 14.6 Å². The lowest BCUT2D eigenvalue weighted by Gasteiger charge is -2.10. The van der Waals surface area contributed by atoms with Crippen molar-refractivity contribution in [2.75, 3.05) is 13.7 Å². The van der Waals surface area contributed by atoms with Crippen LogP contribution in [0.5, 0.6) is 5.75 Å². The fraction of sp³-hybridized carbons (Fsp3) is 0.240. The highest BCUT2D eigenvalue weighted by Gasteiger charge is 2.11. The highest BCUT2D eigenvalue weighted by Crippen LogP contribution is 2.21. The Morgan fingerprint density at radius 2 is 1.75 bits per heavy atom. The van der Waals surface area contributed by atoms with Gasteiger partial charge in [-0.25, -0.2) is 5.43 Å². The number of rotatable bonds is 9. The molecule has 0 fully saturated rings. The number of hydrogen-bond donors (Lipinski definition) is 2. The van der Waals surface area contributed by atoms with Gasteiger partial charge in [0.05, 0.1) is 13.3 Å². The third-order valence-corrected chi connectivity index (χ3v) is 5.09. The average Bonchev–Trinajstić information content (AvgIpc) is 3.07. The second-order valence-corrected chi connectivity index (χ2v) is 7.42. The lowest BCUT2D eigenvalue weighted by molar-refractivity contribution is -0.129. The number of methoxy groups -OCH3 is 1. The molecular formula is C25H28N4O3. The van der Waals surface area contributed by atoms with Crippen molar-refractivity contribution in [2.24, 2.45) is 5.10 Å². The molecule has 32 heavy (non-hydrogen) atoms. The first-order chi connectivity index (χ1) is 15.5. The Labute approximate surface area is 188 Å². The number of amides is 2. The number of carbonyl (C=O) groups excluding carboxylic acids is 2. The van der Waals surface area contributed by atoms with E-state index in [0.717, 1.165) is 40.4 Å². The number of aryl methyl sites for hydroxylation is 1. The minimum atomic E-state index is -0.456. The van der Waals surface area contributed by atoms with E-state index < -0.39 is 5.91 Å². The summed E-state index contributed by atoms with van der Waals surface area (Å²) in [7, 11) is 1.64. The van der Waals surface area contributed by atoms with Gasteiger partial charge in [0.15, 0.2) is 0 Å². The van der Waals surface area contributed by atoms with E-state index in [4.69, 9.17) is 4.74 Å². The zero-order valence-electron chi connectivity index (χ0n) is 18.6. The average molecular weight is 433 g/mol. The summed E-state index contributed by atoms with van der Waals surface area (Å²) >= 11 is 0. The summed E-state index contributed by atoms with van der Waals surface area (Å²) in [6.45, 7) is 4.48. The summed E-state index contributed by atoms with van der Waals surface area (Å²) in [5.41, 5.74) is 7.48. The highest BCUT2D eigenvalue weighted by atomic mass is 16.5. The third-order valence-electron chi connectivity index (χ3n) is 5.09. The van der Waals surface area contributed by atoms with E-state index in [9.17, 15) is 9.59 Å². The van der Waals surface area contributed by atoms with Gasteiger partial charge in [-0.1, -0.05) is 30.3 Å². The Balaban J connectivity index is 1.50. The summed E-state index contributed by atoms with van der Waals surface area (Å²) in [5, 5.41) is 6.77. The second-order valence-electron chi connectivity index (χ2n) is 7.42. The van der Waals surface area contributed by atoms with E-state index in [1.54, 1.807) is 13.3 Å². The largest absolute Gasteiger partial charge is 0.497 e. The number of ether oxygens (including phenoxy) is 1. The van der Waals surface area contributed by atoms with E-state index in [2.05, 4.69) is 20.4 Å². The second kappa shape index (κ2) is 10.9. The quantitative estimate of drug-likeness (QED) is 0.309. The molecule has 0 unspecified atom stereocenters. The van der Waals surface area contributed by atoms with Crippen LogP contribution in [0, 0.1) is 13.8 Å². The topological polar surface area (TPSA) is 84.7 Å². The lowest BCUT2D eigenvalue weighted by Crippen LogP contribution is -2.31. The fourth-order valence-electron chi connectivity index (χ4n) is 3.46. The summed E-state index contributed by atoms with van der Waals surface area (Å²) in [6.07, 6.45) is 2.04. The van der Waals surface area contributed by atoms with Crippen LogP contribution in [-0.2, 0) is 16.0 Å². The van der Waals surface area contributed by atoms with E-state index in [1.165, 1.54) is 0 Å². The van der Waals surface area contributed by atoms with Crippen LogP contribution in [0.25, 0.3) is 5.69 Å². The van der Waals surface area contributed by atoms with Crippen molar-refractivity contribution in [1.29, 1.82) is 0 Å². The van der Waals surface area contributed by atoms with Crippen LogP contribution >= 0.6 is 0 Å². The normalized spacial score (nSPS) is 10.8. The summed E-state index contributed by atoms with van der Waals surface area (Å²) < 4.78 is 7.32. The van der Waals surface area contributed by atoms with Gasteiger partial charge in [-0.05, 0) is 56.2 Å². The van der Waals surface area contributed by atoms with E-state index >= 15 is 0 Å². The first-order valence-corrected chi connectivity index (χ1v) is 10.4. The van der Waals surface area contributed by atoms with Gasteiger partial charge in [0.25, 0.3) is 0 Å². The van der Waals surface area contributed by atoms with Crippen LogP contribution in [0.4, 0.5) is 0 Å². The van der Waals surface area contributed by atoms with Gasteiger partial charge in [0.1, 0.15) is 12.2 Å². The zero-order valence-corrected chi connectivity index (χ0v) is 18.6. The Morgan fingerprint density at radius 3 is 2.44 bits per heavy atom. The van der Waals surface area contributed by atoms with Crippen molar-refractivity contribution < 1.29 is 14.3 Å². The molecule has 0 atom stereocenters. The number of hydrazone groups is 1. The van der Waals surface area contributed by atoms with Gasteiger partial charge in [-0.2, -0.15) is 5.10 Å². The minimum Gasteiger partial charge on any atom is -0.497 e. The van der Waals surface area contributed by atoms with Crippen LogP contribution in [-0.4, -0.2) is 36.3 Å². The molecule has 0 spiro atoms. The number of nitrogens with zero attached hydrogens (tertiary/aromatic N) is 2. The van der Waals surface area contributed by atoms with Gasteiger partial charge in [0.2, 0.25) is 11.8 Å². The van der Waals surface area contributed by atoms with Gasteiger partial charge in [-0.3, -0.25) is 9.59 Å². The molecule has 0 saturated carbocycles. The van der Waals surface area contributed by atoms with Gasteiger partial charge >= 0.3 is 0 Å². The molecule has 1 aromatic heterocycles. The number of aromatic nitrogens is 1. The molecule has 166 valence electrons. The van der Waals surface area contributed by atoms with Gasteiger partial charge in [-0.15, -0.1) is 0 Å². The number of carbonyl (C=O) groups is 2. The maximum absolute atomic E-state index is 12.0. The van der Waals surface area contributed by atoms with Crippen molar-refractivity contribution in [3.63, 3.8) is 0 Å². The first-order valence-electron chi connectivity index (χ1n) is 10.4. The molecule has 7 nitrogen and oxygen atoms in total. The summed E-state index contributed by atoms with van der Waals surface area (Å²) in [6, 6.07) is 19.6. The standard InChI is InChI=1S/C25H28N4O3/c1-18-15-21(19(2)29(18)22-9-11-23(32-3)12-10-22)17-27-28-25(31)16-24(30)26-14-13-20-7-5-4-6-8-20/h4-12,15,17H,13-14,16H2,1-3H3,(H,26,30)(H,28,31)/b27-17+. The maximum Gasteiger partial charge on any atom is 0.249 e. The van der Waals surface area contributed by atoms with Gasteiger partial charge in [0, 0.05) is 29.2 Å². The van der Waals surface area contributed by atoms with Crippen LogP contribution in [0.3, 0.4) is 0 Å². The number of nitrogens with one attached hydrogen (secondary N) is 2. The number of hydrogen-bond acceptors (Lipinski definition) is 4. The van der Waals surface area contributed by atoms with E-state index in [-0.39, 0.29) is 12.3 Å². The van der Waals surface area contributed by atoms with Crippen LogP contribution in [0.15, 0.2) is 65.8 Å². The molecule has 3 aromatic rings. The molecule has 0 saturated heterocycles. The SMILES string of the molecule is COc1ccc(-n2c(C)cc(/C=N/NC(=O)CC(=O)NCCc3ccccc3)c2C)cc1. The van der Waals surface area contributed by atoms with Crippen molar-refractivity contribution >= 4 is 18.0 Å². The Morgan fingerprint density at radius 1 is 1.03 bits per heavy atom. The molecular weight excluding hydrogens is 404 g/mol. The Hall–Kier alpha value is -3.87. The first kappa shape index (κ1) is 22.8. The van der Waals surface area contributed by atoms with E-state index in [1.807, 2.05) is 74.5 Å². The van der Waals surface area contributed by atoms with Crippen molar-refractivity contribution in [2.45, 2.75) is 26.7 Å². The molecule has 2 aromatic carbocycles. The lowest BCUT2D eigenvalue weighted by atomic mass is 10.1. The fourth-order valence-corrected chi connectivity index (χ4v) is 3.46. The Kier molecular flexibility index (Phi) is 7.80. The van der Waals surface area contributed by atoms with Crippen molar-refractivity contribution in [1.82, 2.24) is 15.3 Å². The smallest absolute Gasteiger partial charge is 0.249 e. The maximum atomic E-state index is 12.0. The molecule has 1 heterocycles. The number of benzene rings is 2. The molecule has 3 rings (SSSR count). The molecule has 0 aliphatic rings. The Bertz CT molecular complexity index is 1090. The minimum absolute atomic E-state index is 0.267. The third kappa shape index (κ3) is 6.07. The summed E-state index contributed by atoms with van der Waals surface area (Å²) in [5.74, 6) is 0.0125. The monoisotopic (exact) mass is 432 g/mol. The van der Waals surface area contributed by atoms with Crippen molar-refractivity contribution in [3.8, 4) is 11.4 Å². The van der Waals surface area contributed by atoms with Crippen LogP contribution < -0.4 is 15.5 Å². The molecule has 2 amide bonds. The molecule has 0 bridgehead atoms. The van der Waals surface area contributed by atoms with Crippen LogP contribution in [0.1, 0.15) is 28.9 Å². The molecule has 0 radical (unpaired) electrons. The van der Waals surface area contributed by atoms with Crippen LogP contribution in [0.2, 0.25) is 0 Å². The predicted molar refractivity (Wildman–Crippen MR) is 125 cm³/mol. The molecule has 0 aliphatic heterocycles. The predicted octanol–water partition coefficient (Wildman–Crippen LogP) is 3.30. The van der Waals surface area contributed by atoms with E-state index in [0.29, 0.717) is 6.54 Å². The molecule has 0 aliphatic carbocycles.